The fourth-order valence-corrected chi connectivity index (χ4v) is 1.33. The monoisotopic (exact) mass is 174 g/mol. The van der Waals surface area contributed by atoms with Gasteiger partial charge in [0.25, 0.3) is 0 Å². The molecule has 66 valence electrons. The van der Waals surface area contributed by atoms with E-state index >= 15 is 0 Å². The summed E-state index contributed by atoms with van der Waals surface area (Å²) >= 11 is 0. The lowest BCUT2D eigenvalue weighted by atomic mass is 9.85. The maximum atomic E-state index is 10.5. The SMILES string of the molecule is [B]c1ccc(C)c(CC(=O)O)c1C. The first-order chi connectivity index (χ1) is 6.02. The van der Waals surface area contributed by atoms with Crippen LogP contribution >= 0.6 is 0 Å². The van der Waals surface area contributed by atoms with E-state index in [1.807, 2.05) is 19.9 Å². The van der Waals surface area contributed by atoms with Gasteiger partial charge in [-0.15, -0.1) is 0 Å². The molecule has 0 bridgehead atoms. The maximum Gasteiger partial charge on any atom is 0.307 e. The van der Waals surface area contributed by atoms with E-state index in [1.54, 1.807) is 6.07 Å². The van der Waals surface area contributed by atoms with Crippen molar-refractivity contribution >= 4 is 19.3 Å². The summed E-state index contributed by atoms with van der Waals surface area (Å²) in [4.78, 5) is 10.5. The molecule has 0 fully saturated rings. The fraction of sp³-hybridized carbons (Fsp3) is 0.300. The number of carbonyl (C=O) groups is 1. The highest BCUT2D eigenvalue weighted by atomic mass is 16.4. The molecular weight excluding hydrogens is 163 g/mol. The lowest BCUT2D eigenvalue weighted by Crippen LogP contribution is -2.14. The number of aliphatic carboxylic acids is 1. The van der Waals surface area contributed by atoms with Gasteiger partial charge in [-0.1, -0.05) is 23.2 Å². The molecule has 2 radical (unpaired) electrons. The van der Waals surface area contributed by atoms with Crippen LogP contribution in [0.15, 0.2) is 12.1 Å². The van der Waals surface area contributed by atoms with Crippen molar-refractivity contribution in [1.82, 2.24) is 0 Å². The van der Waals surface area contributed by atoms with Crippen molar-refractivity contribution in [2.45, 2.75) is 20.3 Å². The smallest absolute Gasteiger partial charge is 0.307 e. The van der Waals surface area contributed by atoms with Crippen LogP contribution in [0.1, 0.15) is 16.7 Å². The van der Waals surface area contributed by atoms with E-state index in [0.717, 1.165) is 16.7 Å². The van der Waals surface area contributed by atoms with Gasteiger partial charge >= 0.3 is 5.97 Å². The first-order valence-corrected chi connectivity index (χ1v) is 4.08. The van der Waals surface area contributed by atoms with E-state index in [2.05, 4.69) is 0 Å². The van der Waals surface area contributed by atoms with Gasteiger partial charge in [-0.05, 0) is 25.0 Å². The predicted molar refractivity (Wildman–Crippen MR) is 52.6 cm³/mol. The molecule has 0 aliphatic carbocycles. The number of benzene rings is 1. The largest absolute Gasteiger partial charge is 0.481 e. The maximum absolute atomic E-state index is 10.5. The highest BCUT2D eigenvalue weighted by Crippen LogP contribution is 2.11. The Hall–Kier alpha value is -1.25. The first kappa shape index (κ1) is 9.84. The van der Waals surface area contributed by atoms with E-state index in [9.17, 15) is 4.79 Å². The summed E-state index contributed by atoms with van der Waals surface area (Å²) in [6, 6.07) is 3.65. The van der Waals surface area contributed by atoms with Crippen LogP contribution in [0, 0.1) is 13.8 Å². The van der Waals surface area contributed by atoms with Gasteiger partial charge in [0.05, 0.1) is 6.42 Å². The van der Waals surface area contributed by atoms with Crippen LogP contribution in [0.25, 0.3) is 0 Å². The summed E-state index contributed by atoms with van der Waals surface area (Å²) < 4.78 is 0. The van der Waals surface area contributed by atoms with Crippen LogP contribution in [-0.4, -0.2) is 18.9 Å². The van der Waals surface area contributed by atoms with Crippen molar-refractivity contribution in [3.05, 3.63) is 28.8 Å². The van der Waals surface area contributed by atoms with E-state index in [4.69, 9.17) is 13.0 Å². The zero-order chi connectivity index (χ0) is 10.0. The molecule has 1 aromatic rings. The zero-order valence-corrected chi connectivity index (χ0v) is 7.79. The quantitative estimate of drug-likeness (QED) is 0.670. The zero-order valence-electron chi connectivity index (χ0n) is 7.79. The van der Waals surface area contributed by atoms with Crippen LogP contribution in [0.2, 0.25) is 0 Å². The van der Waals surface area contributed by atoms with Crippen molar-refractivity contribution in [3.8, 4) is 0 Å². The van der Waals surface area contributed by atoms with E-state index < -0.39 is 5.97 Å². The van der Waals surface area contributed by atoms with Gasteiger partial charge in [0.1, 0.15) is 7.85 Å². The number of rotatable bonds is 2. The summed E-state index contributed by atoms with van der Waals surface area (Å²) in [6.07, 6.45) is 0.0444. The molecule has 0 aromatic heterocycles. The molecule has 1 N–H and O–H groups in total. The van der Waals surface area contributed by atoms with Crippen molar-refractivity contribution in [1.29, 1.82) is 0 Å². The van der Waals surface area contributed by atoms with Crippen molar-refractivity contribution in [3.63, 3.8) is 0 Å². The summed E-state index contributed by atoms with van der Waals surface area (Å²) in [5, 5.41) is 8.67. The summed E-state index contributed by atoms with van der Waals surface area (Å²) in [5.74, 6) is -0.822. The lowest BCUT2D eigenvalue weighted by molar-refractivity contribution is -0.136. The predicted octanol–water partition coefficient (Wildman–Crippen LogP) is 0.724. The fourth-order valence-electron chi connectivity index (χ4n) is 1.33. The molecule has 0 saturated carbocycles. The third-order valence-electron chi connectivity index (χ3n) is 2.20. The average Bonchev–Trinajstić information content (AvgIpc) is 2.05. The van der Waals surface area contributed by atoms with E-state index in [1.165, 1.54) is 0 Å². The molecule has 13 heavy (non-hydrogen) atoms. The molecule has 0 spiro atoms. The Bertz CT molecular complexity index is 345. The van der Waals surface area contributed by atoms with Gasteiger partial charge in [-0.2, -0.15) is 0 Å². The second kappa shape index (κ2) is 3.65. The second-order valence-corrected chi connectivity index (χ2v) is 3.15. The second-order valence-electron chi connectivity index (χ2n) is 3.15. The standard InChI is InChI=1S/C10H11BO2/c1-6-3-4-9(11)7(2)8(6)5-10(12)13/h3-4H,5H2,1-2H3,(H,12,13). The highest BCUT2D eigenvalue weighted by Gasteiger charge is 2.07. The molecule has 0 amide bonds. The van der Waals surface area contributed by atoms with Gasteiger partial charge in [-0.25, -0.2) is 0 Å². The Morgan fingerprint density at radius 2 is 2.08 bits per heavy atom. The Morgan fingerprint density at radius 1 is 1.46 bits per heavy atom. The number of hydrogen-bond donors (Lipinski definition) is 1. The van der Waals surface area contributed by atoms with Gasteiger partial charge in [0.15, 0.2) is 0 Å². The van der Waals surface area contributed by atoms with E-state index in [-0.39, 0.29) is 6.42 Å². The topological polar surface area (TPSA) is 37.3 Å². The number of aryl methyl sites for hydroxylation is 1. The third kappa shape index (κ3) is 2.11. The molecule has 0 aliphatic rings. The van der Waals surface area contributed by atoms with Crippen LogP contribution in [0.3, 0.4) is 0 Å². The number of carboxylic acid groups (broad SMARTS) is 1. The molecule has 0 aliphatic heterocycles. The van der Waals surface area contributed by atoms with Gasteiger partial charge < -0.3 is 5.11 Å². The molecule has 0 heterocycles. The summed E-state index contributed by atoms with van der Waals surface area (Å²) in [5.41, 5.74) is 3.34. The molecule has 0 unspecified atom stereocenters. The number of hydrogen-bond acceptors (Lipinski definition) is 1. The van der Waals surface area contributed by atoms with Crippen LogP contribution in [0.4, 0.5) is 0 Å². The lowest BCUT2D eigenvalue weighted by Gasteiger charge is -2.10. The minimum atomic E-state index is -0.822. The third-order valence-corrected chi connectivity index (χ3v) is 2.20. The summed E-state index contributed by atoms with van der Waals surface area (Å²) in [6.45, 7) is 3.74. The molecular formula is C10H11BO2. The Morgan fingerprint density at radius 3 is 2.62 bits per heavy atom. The molecule has 0 saturated heterocycles. The minimum absolute atomic E-state index is 0.0444. The molecule has 1 rings (SSSR count). The average molecular weight is 174 g/mol. The van der Waals surface area contributed by atoms with Crippen molar-refractivity contribution < 1.29 is 9.90 Å². The molecule has 1 aromatic carbocycles. The van der Waals surface area contributed by atoms with Gasteiger partial charge in [0.2, 0.25) is 0 Å². The Labute approximate surface area is 79.0 Å². The number of carboxylic acids is 1. The summed E-state index contributed by atoms with van der Waals surface area (Å²) in [7, 11) is 5.67. The van der Waals surface area contributed by atoms with Crippen LogP contribution in [0.5, 0.6) is 0 Å². The highest BCUT2D eigenvalue weighted by molar-refractivity contribution is 6.33. The molecule has 0 atom stereocenters. The van der Waals surface area contributed by atoms with Crippen molar-refractivity contribution in [2.24, 2.45) is 0 Å². The van der Waals surface area contributed by atoms with Gasteiger partial charge in [-0.3, -0.25) is 4.79 Å². The van der Waals surface area contributed by atoms with Crippen LogP contribution in [-0.2, 0) is 11.2 Å². The van der Waals surface area contributed by atoms with Crippen LogP contribution < -0.4 is 5.46 Å². The first-order valence-electron chi connectivity index (χ1n) is 4.08. The Balaban J connectivity index is 3.17. The van der Waals surface area contributed by atoms with E-state index in [0.29, 0.717) is 5.46 Å². The minimum Gasteiger partial charge on any atom is -0.481 e. The Kier molecular flexibility index (Phi) is 2.76. The van der Waals surface area contributed by atoms with Crippen molar-refractivity contribution in [2.75, 3.05) is 0 Å². The molecule has 2 nitrogen and oxygen atoms in total. The van der Waals surface area contributed by atoms with Gasteiger partial charge in [0, 0.05) is 0 Å². The molecule has 3 heteroatoms. The normalized spacial score (nSPS) is 10.0.